The van der Waals surface area contributed by atoms with Gasteiger partial charge >= 0.3 is 0 Å². The Bertz CT molecular complexity index is 352. The number of hydrogen-bond acceptors (Lipinski definition) is 2. The van der Waals surface area contributed by atoms with Gasteiger partial charge in [0.05, 0.1) is 7.11 Å². The molecule has 0 amide bonds. The van der Waals surface area contributed by atoms with Gasteiger partial charge in [-0.15, -0.1) is 0 Å². The van der Waals surface area contributed by atoms with E-state index in [0.717, 1.165) is 17.9 Å². The van der Waals surface area contributed by atoms with Crippen molar-refractivity contribution < 1.29 is 4.74 Å². The lowest BCUT2D eigenvalue weighted by molar-refractivity contribution is 0.397. The summed E-state index contributed by atoms with van der Waals surface area (Å²) in [6.45, 7) is 6.67. The van der Waals surface area contributed by atoms with Gasteiger partial charge in [0.25, 0.3) is 0 Å². The molecule has 0 fully saturated rings. The molecule has 0 spiro atoms. The Kier molecular flexibility index (Phi) is 5.38. The normalized spacial score (nSPS) is 11.6. The molecule has 1 aromatic rings. The molecule has 2 heteroatoms. The van der Waals surface area contributed by atoms with Gasteiger partial charge < -0.3 is 4.74 Å². The van der Waals surface area contributed by atoms with Crippen LogP contribution in [0.15, 0.2) is 18.2 Å². The summed E-state index contributed by atoms with van der Waals surface area (Å²) in [5, 5.41) is 0. The molecule has 96 valence electrons. The number of methoxy groups -OCH3 is 1. The lowest BCUT2D eigenvalue weighted by atomic mass is 9.85. The molecular formula is C15H24OS. The number of hydrogen-bond donors (Lipinski definition) is 1. The molecule has 0 aliphatic rings. The molecule has 0 aliphatic carbocycles. The van der Waals surface area contributed by atoms with Crippen LogP contribution in [0.25, 0.3) is 0 Å². The van der Waals surface area contributed by atoms with Crippen LogP contribution in [0.1, 0.15) is 44.7 Å². The highest BCUT2D eigenvalue weighted by Crippen LogP contribution is 2.32. The van der Waals surface area contributed by atoms with Crippen molar-refractivity contribution in [3.63, 3.8) is 0 Å². The van der Waals surface area contributed by atoms with Gasteiger partial charge in [0.2, 0.25) is 0 Å². The maximum atomic E-state index is 5.44. The van der Waals surface area contributed by atoms with Crippen LogP contribution in [0.2, 0.25) is 0 Å². The molecule has 0 saturated carbocycles. The first-order valence-electron chi connectivity index (χ1n) is 6.27. The van der Waals surface area contributed by atoms with Crippen molar-refractivity contribution in [3.8, 4) is 5.75 Å². The monoisotopic (exact) mass is 252 g/mol. The largest absolute Gasteiger partial charge is 0.496 e. The highest BCUT2D eigenvalue weighted by molar-refractivity contribution is 7.80. The fraction of sp³-hybridized carbons (Fsp3) is 0.600. The molecule has 0 unspecified atom stereocenters. The maximum absolute atomic E-state index is 5.44. The second-order valence-corrected chi connectivity index (χ2v) is 5.91. The van der Waals surface area contributed by atoms with Crippen LogP contribution in [-0.2, 0) is 11.8 Å². The molecular weight excluding hydrogens is 228 g/mol. The number of unbranched alkanes of at least 4 members (excludes halogenated alkanes) is 1. The minimum atomic E-state index is 0.130. The van der Waals surface area contributed by atoms with Crippen LogP contribution in [0.4, 0.5) is 0 Å². The quantitative estimate of drug-likeness (QED) is 0.609. The third-order valence-corrected chi connectivity index (χ3v) is 3.26. The van der Waals surface area contributed by atoms with Gasteiger partial charge in [-0.2, -0.15) is 12.6 Å². The predicted molar refractivity (Wildman–Crippen MR) is 78.5 cm³/mol. The molecule has 0 N–H and O–H groups in total. The minimum absolute atomic E-state index is 0.130. The first-order valence-corrected chi connectivity index (χ1v) is 6.90. The zero-order chi connectivity index (χ0) is 12.9. The number of rotatable bonds is 5. The molecule has 0 saturated heterocycles. The van der Waals surface area contributed by atoms with E-state index in [-0.39, 0.29) is 5.41 Å². The fourth-order valence-electron chi connectivity index (χ4n) is 1.94. The zero-order valence-corrected chi connectivity index (χ0v) is 12.3. The van der Waals surface area contributed by atoms with Gasteiger partial charge in [-0.3, -0.25) is 0 Å². The molecule has 17 heavy (non-hydrogen) atoms. The van der Waals surface area contributed by atoms with Crippen LogP contribution >= 0.6 is 12.6 Å². The smallest absolute Gasteiger partial charge is 0.122 e. The zero-order valence-electron chi connectivity index (χ0n) is 11.4. The molecule has 0 atom stereocenters. The molecule has 0 heterocycles. The van der Waals surface area contributed by atoms with E-state index in [1.54, 1.807) is 7.11 Å². The maximum Gasteiger partial charge on any atom is 0.122 e. The van der Waals surface area contributed by atoms with Gasteiger partial charge in [-0.05, 0) is 47.6 Å². The molecule has 1 rings (SSSR count). The number of thiol groups is 1. The van der Waals surface area contributed by atoms with Crippen LogP contribution in [0.5, 0.6) is 5.75 Å². The van der Waals surface area contributed by atoms with Gasteiger partial charge in [0.15, 0.2) is 0 Å². The van der Waals surface area contributed by atoms with E-state index in [1.165, 1.54) is 24.0 Å². The Labute approximate surface area is 111 Å². The van der Waals surface area contributed by atoms with Crippen molar-refractivity contribution in [1.29, 1.82) is 0 Å². The second kappa shape index (κ2) is 6.34. The summed E-state index contributed by atoms with van der Waals surface area (Å²) in [6.07, 6.45) is 3.52. The van der Waals surface area contributed by atoms with E-state index in [0.29, 0.717) is 0 Å². The first-order chi connectivity index (χ1) is 7.99. The summed E-state index contributed by atoms with van der Waals surface area (Å²) in [7, 11) is 1.74. The van der Waals surface area contributed by atoms with Crippen molar-refractivity contribution >= 4 is 12.6 Å². The summed E-state index contributed by atoms with van der Waals surface area (Å²) >= 11 is 4.24. The summed E-state index contributed by atoms with van der Waals surface area (Å²) in [5.41, 5.74) is 2.83. The topological polar surface area (TPSA) is 9.23 Å². The Morgan fingerprint density at radius 3 is 2.41 bits per heavy atom. The third kappa shape index (κ3) is 4.27. The van der Waals surface area contributed by atoms with Crippen molar-refractivity contribution in [1.82, 2.24) is 0 Å². The average molecular weight is 252 g/mol. The van der Waals surface area contributed by atoms with Gasteiger partial charge in [-0.25, -0.2) is 0 Å². The molecule has 0 bridgehead atoms. The molecule has 1 nitrogen and oxygen atoms in total. The highest BCUT2D eigenvalue weighted by Gasteiger charge is 2.18. The summed E-state index contributed by atoms with van der Waals surface area (Å²) in [4.78, 5) is 0. The lowest BCUT2D eigenvalue weighted by Crippen LogP contribution is -2.13. The van der Waals surface area contributed by atoms with Crippen LogP contribution in [0.3, 0.4) is 0 Å². The Balaban J connectivity index is 2.89. The van der Waals surface area contributed by atoms with Crippen LogP contribution in [0, 0.1) is 0 Å². The van der Waals surface area contributed by atoms with Gasteiger partial charge in [-0.1, -0.05) is 32.9 Å². The van der Waals surface area contributed by atoms with E-state index in [4.69, 9.17) is 4.74 Å². The Hall–Kier alpha value is -0.630. The van der Waals surface area contributed by atoms with E-state index in [9.17, 15) is 0 Å². The lowest BCUT2D eigenvalue weighted by Gasteiger charge is -2.23. The SMILES string of the molecule is COc1ccc(CCCCS)cc1C(C)(C)C. The van der Waals surface area contributed by atoms with Gasteiger partial charge in [0, 0.05) is 0 Å². The second-order valence-electron chi connectivity index (χ2n) is 5.47. The Morgan fingerprint density at radius 2 is 1.88 bits per heavy atom. The molecule has 0 aromatic heterocycles. The van der Waals surface area contributed by atoms with Crippen molar-refractivity contribution in [3.05, 3.63) is 29.3 Å². The first kappa shape index (κ1) is 14.4. The van der Waals surface area contributed by atoms with Crippen molar-refractivity contribution in [2.75, 3.05) is 12.9 Å². The van der Waals surface area contributed by atoms with E-state index < -0.39 is 0 Å². The van der Waals surface area contributed by atoms with E-state index >= 15 is 0 Å². The summed E-state index contributed by atoms with van der Waals surface area (Å²) < 4.78 is 5.44. The standard InChI is InChI=1S/C15H24OS/c1-15(2,3)13-11-12(7-5-6-10-17)8-9-14(13)16-4/h8-9,11,17H,5-7,10H2,1-4H3. The summed E-state index contributed by atoms with van der Waals surface area (Å²) in [6, 6.07) is 6.56. The predicted octanol–water partition coefficient (Wildman–Crippen LogP) is 4.25. The Morgan fingerprint density at radius 1 is 1.18 bits per heavy atom. The van der Waals surface area contributed by atoms with E-state index in [2.05, 4.69) is 51.6 Å². The third-order valence-electron chi connectivity index (χ3n) is 2.95. The summed E-state index contributed by atoms with van der Waals surface area (Å²) in [5.74, 6) is 1.97. The average Bonchev–Trinajstić information content (AvgIpc) is 2.28. The number of ether oxygens (including phenoxy) is 1. The van der Waals surface area contributed by atoms with E-state index in [1.807, 2.05) is 0 Å². The molecule has 0 radical (unpaired) electrons. The highest BCUT2D eigenvalue weighted by atomic mass is 32.1. The van der Waals surface area contributed by atoms with Crippen LogP contribution < -0.4 is 4.74 Å². The fourth-order valence-corrected chi connectivity index (χ4v) is 2.16. The molecule has 0 aliphatic heterocycles. The minimum Gasteiger partial charge on any atom is -0.496 e. The number of aryl methyl sites for hydroxylation is 1. The van der Waals surface area contributed by atoms with Crippen molar-refractivity contribution in [2.45, 2.75) is 45.4 Å². The van der Waals surface area contributed by atoms with Crippen LogP contribution in [-0.4, -0.2) is 12.9 Å². The van der Waals surface area contributed by atoms with Crippen molar-refractivity contribution in [2.24, 2.45) is 0 Å². The number of benzene rings is 1. The molecule has 1 aromatic carbocycles. The van der Waals surface area contributed by atoms with Gasteiger partial charge in [0.1, 0.15) is 5.75 Å².